The van der Waals surface area contributed by atoms with Crippen LogP contribution in [0.2, 0.25) is 5.02 Å². The predicted molar refractivity (Wildman–Crippen MR) is 128 cm³/mol. The summed E-state index contributed by atoms with van der Waals surface area (Å²) in [5.41, 5.74) is 1.00. The van der Waals surface area contributed by atoms with Gasteiger partial charge in [-0.1, -0.05) is 17.7 Å². The minimum Gasteiger partial charge on any atom is -0.357 e. The zero-order chi connectivity index (χ0) is 24.0. The molecule has 0 aliphatic carbocycles. The summed E-state index contributed by atoms with van der Waals surface area (Å²) >= 11 is 6.15. The summed E-state index contributed by atoms with van der Waals surface area (Å²) < 4.78 is 40.8. The van der Waals surface area contributed by atoms with E-state index in [2.05, 4.69) is 19.9 Å². The molecule has 3 rings (SSSR count). The highest BCUT2D eigenvalue weighted by molar-refractivity contribution is 7.92. The van der Waals surface area contributed by atoms with Crippen molar-refractivity contribution >= 4 is 39.0 Å². The third kappa shape index (κ3) is 6.21. The molecular formula is C23H24ClFN4O3S. The number of halogens is 2. The second-order valence-corrected chi connectivity index (χ2v) is 9.22. The fraction of sp³-hybridized carbons (Fsp3) is 0.217. The van der Waals surface area contributed by atoms with E-state index >= 15 is 0 Å². The molecule has 0 bridgehead atoms. The van der Waals surface area contributed by atoms with E-state index in [1.807, 2.05) is 26.0 Å². The molecule has 174 valence electrons. The van der Waals surface area contributed by atoms with E-state index in [1.54, 1.807) is 6.20 Å². The third-order valence-electron chi connectivity index (χ3n) is 4.94. The average Bonchev–Trinajstić information content (AvgIpc) is 2.80. The lowest BCUT2D eigenvalue weighted by atomic mass is 10.2. The summed E-state index contributed by atoms with van der Waals surface area (Å²) in [6.45, 7) is 5.98. The maximum atomic E-state index is 13.1. The highest BCUT2D eigenvalue weighted by atomic mass is 35.5. The molecule has 7 nitrogen and oxygen atoms in total. The SMILES string of the molecule is CCN(CC)c1ccc(CNC(=O)c2cc(S(=O)(=O)Nc3ccc(F)cc3)ccc2Cl)cn1. The van der Waals surface area contributed by atoms with Crippen LogP contribution in [-0.2, 0) is 16.6 Å². The molecule has 2 N–H and O–H groups in total. The van der Waals surface area contributed by atoms with Crippen LogP contribution in [0.1, 0.15) is 29.8 Å². The monoisotopic (exact) mass is 490 g/mol. The molecule has 0 unspecified atom stereocenters. The number of hydrogen-bond acceptors (Lipinski definition) is 5. The molecule has 1 aromatic heterocycles. The van der Waals surface area contributed by atoms with Crippen molar-refractivity contribution in [3.63, 3.8) is 0 Å². The van der Waals surface area contributed by atoms with Crippen molar-refractivity contribution in [1.82, 2.24) is 10.3 Å². The Morgan fingerprint density at radius 2 is 1.76 bits per heavy atom. The summed E-state index contributed by atoms with van der Waals surface area (Å²) in [6, 6.07) is 12.5. The highest BCUT2D eigenvalue weighted by Crippen LogP contribution is 2.23. The topological polar surface area (TPSA) is 91.4 Å². The summed E-state index contributed by atoms with van der Waals surface area (Å²) in [5, 5.41) is 2.85. The number of carbonyl (C=O) groups is 1. The molecule has 0 saturated carbocycles. The van der Waals surface area contributed by atoms with Crippen LogP contribution in [0.3, 0.4) is 0 Å². The fourth-order valence-electron chi connectivity index (χ4n) is 3.11. The summed E-state index contributed by atoms with van der Waals surface area (Å²) in [5.74, 6) is -0.155. The van der Waals surface area contributed by atoms with Crippen molar-refractivity contribution in [2.45, 2.75) is 25.3 Å². The van der Waals surface area contributed by atoms with Gasteiger partial charge in [-0.3, -0.25) is 9.52 Å². The molecule has 3 aromatic rings. The van der Waals surface area contributed by atoms with Gasteiger partial charge < -0.3 is 10.2 Å². The van der Waals surface area contributed by atoms with Crippen LogP contribution < -0.4 is 14.9 Å². The zero-order valence-electron chi connectivity index (χ0n) is 18.2. The van der Waals surface area contributed by atoms with Gasteiger partial charge in [0, 0.05) is 31.5 Å². The van der Waals surface area contributed by atoms with Gasteiger partial charge in [-0.25, -0.2) is 17.8 Å². The molecule has 0 aliphatic heterocycles. The molecule has 2 aromatic carbocycles. The standard InChI is InChI=1S/C23H24ClFN4O3S/c1-3-29(4-2)22-12-5-16(14-26-22)15-27-23(30)20-13-19(10-11-21(20)24)33(31,32)28-18-8-6-17(25)7-9-18/h5-14,28H,3-4,15H2,1-2H3,(H,27,30). The number of amides is 1. The minimum atomic E-state index is -4.01. The summed E-state index contributed by atoms with van der Waals surface area (Å²) in [6.07, 6.45) is 1.68. The zero-order valence-corrected chi connectivity index (χ0v) is 19.8. The van der Waals surface area contributed by atoms with E-state index in [0.29, 0.717) is 0 Å². The molecule has 0 atom stereocenters. The Kier molecular flexibility index (Phi) is 7.88. The molecule has 1 amide bonds. The number of benzene rings is 2. The van der Waals surface area contributed by atoms with E-state index in [4.69, 9.17) is 11.6 Å². The minimum absolute atomic E-state index is 0.0198. The van der Waals surface area contributed by atoms with Gasteiger partial charge in [-0.2, -0.15) is 0 Å². The quantitative estimate of drug-likeness (QED) is 0.462. The van der Waals surface area contributed by atoms with Crippen molar-refractivity contribution in [1.29, 1.82) is 0 Å². The first-order valence-electron chi connectivity index (χ1n) is 10.3. The second kappa shape index (κ2) is 10.6. The van der Waals surface area contributed by atoms with Crippen LogP contribution in [0.5, 0.6) is 0 Å². The third-order valence-corrected chi connectivity index (χ3v) is 6.65. The highest BCUT2D eigenvalue weighted by Gasteiger charge is 2.19. The average molecular weight is 491 g/mol. The van der Waals surface area contributed by atoms with Gasteiger partial charge in [0.25, 0.3) is 15.9 Å². The van der Waals surface area contributed by atoms with E-state index in [-0.39, 0.29) is 27.7 Å². The van der Waals surface area contributed by atoms with Crippen molar-refractivity contribution < 1.29 is 17.6 Å². The number of nitrogens with one attached hydrogen (secondary N) is 2. The Balaban J connectivity index is 1.72. The van der Waals surface area contributed by atoms with Gasteiger partial charge in [0.05, 0.1) is 15.5 Å². The smallest absolute Gasteiger partial charge is 0.261 e. The van der Waals surface area contributed by atoms with Gasteiger partial charge in [0.2, 0.25) is 0 Å². The molecule has 0 aliphatic rings. The number of aromatic nitrogens is 1. The van der Waals surface area contributed by atoms with E-state index in [9.17, 15) is 17.6 Å². The van der Waals surface area contributed by atoms with Crippen molar-refractivity contribution in [3.8, 4) is 0 Å². The first-order valence-corrected chi connectivity index (χ1v) is 12.2. The Morgan fingerprint density at radius 1 is 1.06 bits per heavy atom. The fourth-order valence-corrected chi connectivity index (χ4v) is 4.40. The van der Waals surface area contributed by atoms with Crippen LogP contribution in [0.4, 0.5) is 15.9 Å². The number of nitrogens with zero attached hydrogens (tertiary/aromatic N) is 2. The van der Waals surface area contributed by atoms with Gasteiger partial charge in [0.15, 0.2) is 0 Å². The number of carbonyl (C=O) groups excluding carboxylic acids is 1. The van der Waals surface area contributed by atoms with Crippen molar-refractivity contribution in [2.75, 3.05) is 22.7 Å². The lowest BCUT2D eigenvalue weighted by Crippen LogP contribution is -2.25. The molecule has 10 heteroatoms. The van der Waals surface area contributed by atoms with Crippen LogP contribution in [-0.4, -0.2) is 32.4 Å². The lowest BCUT2D eigenvalue weighted by Gasteiger charge is -2.19. The maximum Gasteiger partial charge on any atom is 0.261 e. The van der Waals surface area contributed by atoms with Gasteiger partial charge in [-0.05, 0) is 67.9 Å². The summed E-state index contributed by atoms with van der Waals surface area (Å²) in [7, 11) is -4.01. The number of anilines is 2. The van der Waals surface area contributed by atoms with E-state index in [1.165, 1.54) is 30.3 Å². The Bertz CT molecular complexity index is 1220. The van der Waals surface area contributed by atoms with Crippen LogP contribution in [0.15, 0.2) is 65.7 Å². The van der Waals surface area contributed by atoms with Gasteiger partial charge >= 0.3 is 0 Å². The molecule has 0 saturated heterocycles. The van der Waals surface area contributed by atoms with Crippen molar-refractivity contribution in [3.05, 3.63) is 82.8 Å². The Hall–Kier alpha value is -3.17. The van der Waals surface area contributed by atoms with Gasteiger partial charge in [-0.15, -0.1) is 0 Å². The van der Waals surface area contributed by atoms with Crippen molar-refractivity contribution in [2.24, 2.45) is 0 Å². The number of hydrogen-bond donors (Lipinski definition) is 2. The molecule has 1 heterocycles. The predicted octanol–water partition coefficient (Wildman–Crippen LogP) is 4.45. The van der Waals surface area contributed by atoms with E-state index in [0.717, 1.165) is 36.6 Å². The number of rotatable bonds is 9. The summed E-state index contributed by atoms with van der Waals surface area (Å²) in [4.78, 5) is 19.1. The number of pyridine rings is 1. The molecule has 0 spiro atoms. The molecule has 0 radical (unpaired) electrons. The largest absolute Gasteiger partial charge is 0.357 e. The van der Waals surface area contributed by atoms with Crippen LogP contribution >= 0.6 is 11.6 Å². The first kappa shape index (κ1) is 24.5. The molecule has 33 heavy (non-hydrogen) atoms. The Morgan fingerprint density at radius 3 is 2.36 bits per heavy atom. The van der Waals surface area contributed by atoms with E-state index < -0.39 is 21.7 Å². The maximum absolute atomic E-state index is 13.1. The Labute approximate surface area is 197 Å². The lowest BCUT2D eigenvalue weighted by molar-refractivity contribution is 0.0951. The normalized spacial score (nSPS) is 11.2. The van der Waals surface area contributed by atoms with Gasteiger partial charge in [0.1, 0.15) is 11.6 Å². The second-order valence-electron chi connectivity index (χ2n) is 7.13. The number of sulfonamides is 1. The molecule has 0 fully saturated rings. The van der Waals surface area contributed by atoms with Crippen LogP contribution in [0, 0.1) is 5.82 Å². The molecular weight excluding hydrogens is 467 g/mol. The van der Waals surface area contributed by atoms with Crippen LogP contribution in [0.25, 0.3) is 0 Å². The first-order chi connectivity index (χ1) is 15.7.